The minimum absolute atomic E-state index is 0.250. The number of aromatic amines is 1. The van der Waals surface area contributed by atoms with Crippen LogP contribution in [0.4, 0.5) is 10.6 Å². The number of carbonyl (C=O) groups excluding carboxylic acids is 3. The van der Waals surface area contributed by atoms with Crippen LogP contribution in [0.1, 0.15) is 55.3 Å². The average Bonchev–Trinajstić information content (AvgIpc) is 3.34. The van der Waals surface area contributed by atoms with E-state index in [1.54, 1.807) is 39.3 Å². The lowest BCUT2D eigenvalue weighted by atomic mass is 10.2. The smallest absolute Gasteiger partial charge is 0.416 e. The number of hydrogen-bond acceptors (Lipinski definition) is 8. The maximum absolute atomic E-state index is 12.3. The van der Waals surface area contributed by atoms with Crippen LogP contribution in [0, 0.1) is 0 Å². The van der Waals surface area contributed by atoms with E-state index in [4.69, 9.17) is 14.2 Å². The van der Waals surface area contributed by atoms with Crippen molar-refractivity contribution in [2.45, 2.75) is 46.8 Å². The average molecular weight is 658 g/mol. The molecule has 1 aliphatic heterocycles. The summed E-state index contributed by atoms with van der Waals surface area (Å²) in [4.78, 5) is 36.9. The van der Waals surface area contributed by atoms with Gasteiger partial charge in [0.2, 0.25) is 0 Å². The molecule has 0 radical (unpaired) electrons. The van der Waals surface area contributed by atoms with Crippen LogP contribution in [0.25, 0.3) is 0 Å². The number of esters is 2. The van der Waals surface area contributed by atoms with Crippen molar-refractivity contribution in [3.63, 3.8) is 0 Å². The summed E-state index contributed by atoms with van der Waals surface area (Å²) in [6.45, 7) is 10.4. The van der Waals surface area contributed by atoms with Crippen LogP contribution in [0.3, 0.4) is 0 Å². The normalized spacial score (nSPS) is 12.5. The Morgan fingerprint density at radius 1 is 0.970 bits per heavy atom. The molecule has 0 saturated carbocycles. The first kappa shape index (κ1) is 27.3. The lowest BCUT2D eigenvalue weighted by molar-refractivity contribution is 0.0514. The number of anilines is 1. The van der Waals surface area contributed by atoms with E-state index in [9.17, 15) is 14.4 Å². The second kappa shape index (κ2) is 11.5. The Morgan fingerprint density at radius 2 is 1.55 bits per heavy atom. The lowest BCUT2D eigenvalue weighted by Gasteiger charge is -2.24. The second-order valence-electron chi connectivity index (χ2n) is 7.49. The number of fused-ring (bicyclic) bond motifs is 1. The summed E-state index contributed by atoms with van der Waals surface area (Å²) >= 11 is 9.49. The molecule has 3 rings (SSSR count). The number of hydrogen-bond donors (Lipinski definition) is 1. The molecule has 1 N–H and O–H groups in total. The quantitative estimate of drug-likeness (QED) is 0.371. The Balaban J connectivity index is 0.000000273. The molecule has 1 amide bonds. The number of rotatable bonds is 4. The highest BCUT2D eigenvalue weighted by molar-refractivity contribution is 9.11. The van der Waals surface area contributed by atoms with E-state index in [2.05, 4.69) is 63.1 Å². The molecule has 2 aromatic rings. The number of nitrogens with one attached hydrogen (secondary N) is 1. The molecule has 0 fully saturated rings. The first-order valence-corrected chi connectivity index (χ1v) is 12.3. The highest BCUT2D eigenvalue weighted by Gasteiger charge is 2.36. The molecule has 0 bridgehead atoms. The fourth-order valence-corrected chi connectivity index (χ4v) is 4.39. The molecule has 3 heterocycles. The molecule has 33 heavy (non-hydrogen) atoms. The maximum atomic E-state index is 12.3. The zero-order valence-electron chi connectivity index (χ0n) is 18.7. The number of aromatic nitrogens is 4. The molecule has 0 atom stereocenters. The molecular formula is C19H24Br3N5O6. The summed E-state index contributed by atoms with van der Waals surface area (Å²) < 4.78 is 18.1. The first-order chi connectivity index (χ1) is 15.4. The second-order valence-corrected chi connectivity index (χ2v) is 9.78. The number of nitrogens with zero attached hydrogens (tertiary/aromatic N) is 4. The Hall–Kier alpha value is -1.93. The van der Waals surface area contributed by atoms with Crippen LogP contribution >= 0.6 is 47.8 Å². The highest BCUT2D eigenvalue weighted by Crippen LogP contribution is 2.33. The van der Waals surface area contributed by atoms with Crippen molar-refractivity contribution < 1.29 is 28.6 Å². The van der Waals surface area contributed by atoms with Gasteiger partial charge < -0.3 is 14.2 Å². The largest absolute Gasteiger partial charge is 0.462 e. The molecule has 182 valence electrons. The number of halogens is 3. The molecule has 11 nitrogen and oxygen atoms in total. The Kier molecular flexibility index (Phi) is 9.49. The third-order valence-corrected chi connectivity index (χ3v) is 5.63. The third kappa shape index (κ3) is 6.79. The van der Waals surface area contributed by atoms with Gasteiger partial charge in [0, 0.05) is 0 Å². The summed E-state index contributed by atoms with van der Waals surface area (Å²) in [6, 6.07) is 0. The van der Waals surface area contributed by atoms with Gasteiger partial charge in [0.15, 0.2) is 5.82 Å². The number of amides is 1. The van der Waals surface area contributed by atoms with Gasteiger partial charge in [-0.05, 0) is 82.4 Å². The minimum atomic E-state index is -0.605. The highest BCUT2D eigenvalue weighted by atomic mass is 79.9. The Bertz CT molecular complexity index is 1010. The van der Waals surface area contributed by atoms with Gasteiger partial charge in [-0.3, -0.25) is 10.00 Å². The van der Waals surface area contributed by atoms with Gasteiger partial charge in [-0.1, -0.05) is 0 Å². The van der Waals surface area contributed by atoms with E-state index in [1.807, 2.05) is 0 Å². The van der Waals surface area contributed by atoms with E-state index < -0.39 is 23.6 Å². The standard InChI is InChI=1S/C13H18BrN3O4.C6H6Br2N2O2/c1-5-20-11(18)8-9(14)15-17-7-6-16(10(8)17)12(19)21-13(2,3)4;1-2-12-6(11)3-4(7)9-10-5(3)8/h5-7H2,1-4H3;2H2,1H3,(H,9,10). The molecule has 2 aromatic heterocycles. The molecule has 14 heteroatoms. The Morgan fingerprint density at radius 3 is 2.03 bits per heavy atom. The predicted molar refractivity (Wildman–Crippen MR) is 129 cm³/mol. The van der Waals surface area contributed by atoms with Gasteiger partial charge in [-0.15, -0.1) is 0 Å². The predicted octanol–water partition coefficient (Wildman–Crippen LogP) is 4.69. The van der Waals surface area contributed by atoms with Crippen LogP contribution in [0.2, 0.25) is 0 Å². The zero-order valence-corrected chi connectivity index (χ0v) is 23.5. The van der Waals surface area contributed by atoms with Crippen molar-refractivity contribution in [2.24, 2.45) is 0 Å². The van der Waals surface area contributed by atoms with Gasteiger partial charge >= 0.3 is 18.0 Å². The summed E-state index contributed by atoms with van der Waals surface area (Å²) in [6.07, 6.45) is -0.501. The van der Waals surface area contributed by atoms with Gasteiger partial charge in [0.05, 0.1) is 26.3 Å². The van der Waals surface area contributed by atoms with Gasteiger partial charge in [-0.25, -0.2) is 19.1 Å². The van der Waals surface area contributed by atoms with Crippen molar-refractivity contribution in [3.8, 4) is 0 Å². The maximum Gasteiger partial charge on any atom is 0.416 e. The van der Waals surface area contributed by atoms with Crippen LogP contribution in [0.15, 0.2) is 13.8 Å². The van der Waals surface area contributed by atoms with E-state index in [0.29, 0.717) is 44.9 Å². The van der Waals surface area contributed by atoms with Crippen molar-refractivity contribution in [1.29, 1.82) is 0 Å². The summed E-state index contributed by atoms with van der Waals surface area (Å²) in [7, 11) is 0. The fourth-order valence-electron chi connectivity index (χ4n) is 2.71. The van der Waals surface area contributed by atoms with Crippen LogP contribution in [-0.2, 0) is 20.8 Å². The van der Waals surface area contributed by atoms with Crippen LogP contribution in [0.5, 0.6) is 0 Å². The summed E-state index contributed by atoms with van der Waals surface area (Å²) in [5, 5.41) is 10.6. The van der Waals surface area contributed by atoms with Crippen molar-refractivity contribution in [3.05, 3.63) is 24.9 Å². The number of ether oxygens (including phenoxy) is 3. The molecule has 0 unspecified atom stereocenters. The topological polar surface area (TPSA) is 129 Å². The Labute approximate surface area is 215 Å². The molecule has 1 aliphatic rings. The number of H-pyrrole nitrogens is 1. The van der Waals surface area contributed by atoms with Crippen LogP contribution in [-0.4, -0.2) is 63.4 Å². The summed E-state index contributed by atoms with van der Waals surface area (Å²) in [5.41, 5.74) is 0.0309. The third-order valence-electron chi connectivity index (χ3n) is 3.92. The first-order valence-electron chi connectivity index (χ1n) is 9.91. The molecule has 0 saturated heterocycles. The van der Waals surface area contributed by atoms with E-state index in [1.165, 1.54) is 4.90 Å². The SMILES string of the molecule is CCOC(=O)c1c(Br)n[nH]c1Br.CCOC(=O)c1c(Br)nn2c1N(C(=O)OC(C)(C)C)CC2. The molecule has 0 spiro atoms. The summed E-state index contributed by atoms with van der Waals surface area (Å²) in [5.74, 6) is -0.499. The van der Waals surface area contributed by atoms with Crippen molar-refractivity contribution in [2.75, 3.05) is 24.7 Å². The van der Waals surface area contributed by atoms with Gasteiger partial charge in [-0.2, -0.15) is 10.2 Å². The molecular weight excluding hydrogens is 634 g/mol. The van der Waals surface area contributed by atoms with Crippen molar-refractivity contribution in [1.82, 2.24) is 20.0 Å². The molecule has 0 aromatic carbocycles. The zero-order chi connectivity index (χ0) is 24.9. The molecule has 0 aliphatic carbocycles. The van der Waals surface area contributed by atoms with Gasteiger partial charge in [0.1, 0.15) is 30.5 Å². The van der Waals surface area contributed by atoms with Gasteiger partial charge in [0.25, 0.3) is 0 Å². The fraction of sp³-hybridized carbons (Fsp3) is 0.526. The van der Waals surface area contributed by atoms with E-state index >= 15 is 0 Å². The van der Waals surface area contributed by atoms with Crippen molar-refractivity contribution >= 4 is 71.6 Å². The minimum Gasteiger partial charge on any atom is -0.462 e. The van der Waals surface area contributed by atoms with Crippen LogP contribution < -0.4 is 4.90 Å². The van der Waals surface area contributed by atoms with E-state index in [-0.39, 0.29) is 12.2 Å². The monoisotopic (exact) mass is 655 g/mol. The number of carbonyl (C=O) groups is 3. The lowest BCUT2D eigenvalue weighted by Crippen LogP contribution is -2.36. The van der Waals surface area contributed by atoms with E-state index in [0.717, 1.165) is 0 Å².